The molecule has 17 heavy (non-hydrogen) atoms. The molecule has 3 heteroatoms. The van der Waals surface area contributed by atoms with Gasteiger partial charge in [0.2, 0.25) is 0 Å². The van der Waals surface area contributed by atoms with Crippen LogP contribution in [-0.2, 0) is 0 Å². The Morgan fingerprint density at radius 2 is 2.12 bits per heavy atom. The lowest BCUT2D eigenvalue weighted by atomic mass is 9.77. The van der Waals surface area contributed by atoms with Crippen LogP contribution in [0.2, 0.25) is 0 Å². The highest BCUT2D eigenvalue weighted by atomic mass is 32.1. The van der Waals surface area contributed by atoms with E-state index in [1.807, 2.05) is 6.07 Å². The second-order valence-corrected chi connectivity index (χ2v) is 6.02. The first kappa shape index (κ1) is 12.9. The maximum atomic E-state index is 6.41. The summed E-state index contributed by atoms with van der Waals surface area (Å²) in [7, 11) is 1.73. The molecule has 1 aliphatic rings. The summed E-state index contributed by atoms with van der Waals surface area (Å²) in [6, 6.07) is 2.19. The van der Waals surface area contributed by atoms with Crippen LogP contribution in [0.3, 0.4) is 0 Å². The van der Waals surface area contributed by atoms with E-state index in [9.17, 15) is 0 Å². The Morgan fingerprint density at radius 1 is 1.41 bits per heavy atom. The highest BCUT2D eigenvalue weighted by Gasteiger charge is 2.27. The maximum absolute atomic E-state index is 6.41. The topological polar surface area (TPSA) is 35.2 Å². The van der Waals surface area contributed by atoms with Gasteiger partial charge in [-0.2, -0.15) is 0 Å². The van der Waals surface area contributed by atoms with Gasteiger partial charge in [0, 0.05) is 6.04 Å². The van der Waals surface area contributed by atoms with Crippen molar-refractivity contribution < 1.29 is 4.74 Å². The van der Waals surface area contributed by atoms with Gasteiger partial charge in [-0.3, -0.25) is 0 Å². The van der Waals surface area contributed by atoms with Crippen molar-refractivity contribution in [3.05, 3.63) is 16.3 Å². The molecule has 1 aliphatic carbocycles. The van der Waals surface area contributed by atoms with Crippen LogP contribution in [0.15, 0.2) is 11.4 Å². The fourth-order valence-electron chi connectivity index (χ4n) is 2.89. The van der Waals surface area contributed by atoms with Crippen molar-refractivity contribution in [2.24, 2.45) is 17.6 Å². The molecule has 0 aromatic carbocycles. The summed E-state index contributed by atoms with van der Waals surface area (Å²) in [6.07, 6.45) is 6.58. The minimum Gasteiger partial charge on any atom is -0.496 e. The zero-order chi connectivity index (χ0) is 12.3. The molecular weight excluding hydrogens is 230 g/mol. The van der Waals surface area contributed by atoms with E-state index >= 15 is 0 Å². The van der Waals surface area contributed by atoms with Crippen molar-refractivity contribution in [3.63, 3.8) is 0 Å². The van der Waals surface area contributed by atoms with Crippen LogP contribution in [0.4, 0.5) is 0 Å². The minimum absolute atomic E-state index is 0.169. The standard InChI is InChI=1S/C14H23NOS/c1-3-10-4-6-11(7-5-10)13(15)14-12(16-2)8-9-17-14/h8-11,13H,3-7,15H2,1-2H3. The van der Waals surface area contributed by atoms with Gasteiger partial charge >= 0.3 is 0 Å². The van der Waals surface area contributed by atoms with Gasteiger partial charge in [-0.05, 0) is 36.1 Å². The first-order valence-electron chi connectivity index (χ1n) is 6.63. The predicted octanol–water partition coefficient (Wildman–Crippen LogP) is 3.97. The summed E-state index contributed by atoms with van der Waals surface area (Å²) in [5.41, 5.74) is 6.41. The van der Waals surface area contributed by atoms with Crippen LogP contribution in [0.25, 0.3) is 0 Å². The van der Waals surface area contributed by atoms with Gasteiger partial charge in [0.15, 0.2) is 0 Å². The molecule has 1 heterocycles. The van der Waals surface area contributed by atoms with Gasteiger partial charge < -0.3 is 10.5 Å². The average Bonchev–Trinajstić information content (AvgIpc) is 2.86. The molecule has 2 nitrogen and oxygen atoms in total. The van der Waals surface area contributed by atoms with Gasteiger partial charge in [-0.25, -0.2) is 0 Å². The highest BCUT2D eigenvalue weighted by Crippen LogP contribution is 2.41. The van der Waals surface area contributed by atoms with Gasteiger partial charge in [0.1, 0.15) is 5.75 Å². The Kier molecular flexibility index (Phi) is 4.46. The van der Waals surface area contributed by atoms with Crippen LogP contribution >= 0.6 is 11.3 Å². The first-order valence-corrected chi connectivity index (χ1v) is 7.51. The van der Waals surface area contributed by atoms with Crippen LogP contribution in [0.1, 0.15) is 49.9 Å². The van der Waals surface area contributed by atoms with E-state index in [0.717, 1.165) is 11.7 Å². The minimum atomic E-state index is 0.169. The largest absolute Gasteiger partial charge is 0.496 e. The van der Waals surface area contributed by atoms with Crippen molar-refractivity contribution in [1.82, 2.24) is 0 Å². The third-order valence-electron chi connectivity index (χ3n) is 4.16. The second kappa shape index (κ2) is 5.87. The third-order valence-corrected chi connectivity index (χ3v) is 5.16. The third kappa shape index (κ3) is 2.83. The lowest BCUT2D eigenvalue weighted by Gasteiger charge is -2.31. The average molecular weight is 253 g/mol. The molecular formula is C14H23NOS. The number of rotatable bonds is 4. The molecule has 2 N–H and O–H groups in total. The van der Waals surface area contributed by atoms with Crippen molar-refractivity contribution in [2.75, 3.05) is 7.11 Å². The molecule has 0 bridgehead atoms. The Morgan fingerprint density at radius 3 is 2.71 bits per heavy atom. The van der Waals surface area contributed by atoms with Crippen LogP contribution in [0, 0.1) is 11.8 Å². The summed E-state index contributed by atoms with van der Waals surface area (Å²) in [6.45, 7) is 2.30. The van der Waals surface area contributed by atoms with Gasteiger partial charge in [0.25, 0.3) is 0 Å². The second-order valence-electron chi connectivity index (χ2n) is 5.07. The van der Waals surface area contributed by atoms with E-state index in [1.165, 1.54) is 37.0 Å². The fourth-order valence-corrected chi connectivity index (χ4v) is 3.85. The van der Waals surface area contributed by atoms with E-state index in [1.54, 1.807) is 18.4 Å². The van der Waals surface area contributed by atoms with Crippen LogP contribution in [-0.4, -0.2) is 7.11 Å². The molecule has 0 saturated heterocycles. The number of thiophene rings is 1. The lowest BCUT2D eigenvalue weighted by Crippen LogP contribution is -2.25. The number of hydrogen-bond acceptors (Lipinski definition) is 3. The van der Waals surface area contributed by atoms with E-state index in [0.29, 0.717) is 5.92 Å². The molecule has 0 aliphatic heterocycles. The molecule has 0 radical (unpaired) electrons. The van der Waals surface area contributed by atoms with E-state index in [2.05, 4.69) is 12.3 Å². The molecule has 1 fully saturated rings. The molecule has 1 aromatic rings. The Hall–Kier alpha value is -0.540. The summed E-state index contributed by atoms with van der Waals surface area (Å²) in [4.78, 5) is 1.23. The molecule has 1 unspecified atom stereocenters. The summed E-state index contributed by atoms with van der Waals surface area (Å²) < 4.78 is 5.37. The van der Waals surface area contributed by atoms with E-state index in [-0.39, 0.29) is 6.04 Å². The van der Waals surface area contributed by atoms with Crippen molar-refractivity contribution in [3.8, 4) is 5.75 Å². The van der Waals surface area contributed by atoms with Crippen molar-refractivity contribution in [2.45, 2.75) is 45.1 Å². The lowest BCUT2D eigenvalue weighted by molar-refractivity contribution is 0.239. The molecule has 2 rings (SSSR count). The predicted molar refractivity (Wildman–Crippen MR) is 73.5 cm³/mol. The van der Waals surface area contributed by atoms with E-state index < -0.39 is 0 Å². The van der Waals surface area contributed by atoms with E-state index in [4.69, 9.17) is 10.5 Å². The summed E-state index contributed by atoms with van der Waals surface area (Å²) in [5, 5.41) is 2.08. The van der Waals surface area contributed by atoms with Crippen molar-refractivity contribution in [1.29, 1.82) is 0 Å². The molecule has 1 saturated carbocycles. The van der Waals surface area contributed by atoms with Gasteiger partial charge in [-0.15, -0.1) is 11.3 Å². The smallest absolute Gasteiger partial charge is 0.134 e. The number of methoxy groups -OCH3 is 1. The molecule has 96 valence electrons. The number of nitrogens with two attached hydrogens (primary N) is 1. The van der Waals surface area contributed by atoms with Crippen molar-refractivity contribution >= 4 is 11.3 Å². The maximum Gasteiger partial charge on any atom is 0.134 e. The summed E-state index contributed by atoms with van der Waals surface area (Å²) in [5.74, 6) is 2.55. The number of ether oxygens (including phenoxy) is 1. The molecule has 0 spiro atoms. The SMILES string of the molecule is CCC1CCC(C(N)c2sccc2OC)CC1. The number of hydrogen-bond donors (Lipinski definition) is 1. The Labute approximate surface area is 108 Å². The van der Waals surface area contributed by atoms with Gasteiger partial charge in [0.05, 0.1) is 12.0 Å². The zero-order valence-electron chi connectivity index (χ0n) is 10.8. The molecule has 1 atom stereocenters. The fraction of sp³-hybridized carbons (Fsp3) is 0.714. The summed E-state index contributed by atoms with van der Waals surface area (Å²) >= 11 is 1.73. The molecule has 0 amide bonds. The van der Waals surface area contributed by atoms with Crippen LogP contribution < -0.4 is 10.5 Å². The van der Waals surface area contributed by atoms with Crippen LogP contribution in [0.5, 0.6) is 5.75 Å². The zero-order valence-corrected chi connectivity index (χ0v) is 11.6. The van der Waals surface area contributed by atoms with Gasteiger partial charge in [-0.1, -0.05) is 26.2 Å². The Bertz CT molecular complexity index is 342. The highest BCUT2D eigenvalue weighted by molar-refractivity contribution is 7.10. The monoisotopic (exact) mass is 253 g/mol. The quantitative estimate of drug-likeness (QED) is 0.881. The first-order chi connectivity index (χ1) is 8.26. The molecule has 1 aromatic heterocycles. The Balaban J connectivity index is 1.99. The normalized spacial score (nSPS) is 26.8.